The van der Waals surface area contributed by atoms with Crippen molar-refractivity contribution in [2.45, 2.75) is 12.8 Å². The Balaban J connectivity index is 2.09. The molecular formula is C16H14. The number of benzene rings is 2. The SMILES string of the molecule is C[C@H]1C(c2ccccc2)=Cc2ccccc21. The van der Waals surface area contributed by atoms with Crippen LogP contribution in [0.4, 0.5) is 0 Å². The van der Waals surface area contributed by atoms with E-state index in [1.165, 1.54) is 22.3 Å². The van der Waals surface area contributed by atoms with Gasteiger partial charge in [-0.05, 0) is 22.3 Å². The fourth-order valence-corrected chi connectivity index (χ4v) is 2.46. The van der Waals surface area contributed by atoms with Crippen LogP contribution in [0.15, 0.2) is 54.6 Å². The summed E-state index contributed by atoms with van der Waals surface area (Å²) in [5, 5.41) is 0. The second-order valence-corrected chi connectivity index (χ2v) is 4.32. The van der Waals surface area contributed by atoms with E-state index in [0.717, 1.165) is 0 Å². The van der Waals surface area contributed by atoms with Crippen LogP contribution >= 0.6 is 0 Å². The van der Waals surface area contributed by atoms with Crippen LogP contribution in [0.25, 0.3) is 11.6 Å². The first-order valence-corrected chi connectivity index (χ1v) is 5.72. The summed E-state index contributed by atoms with van der Waals surface area (Å²) >= 11 is 0. The zero-order valence-electron chi connectivity index (χ0n) is 9.35. The number of hydrogen-bond acceptors (Lipinski definition) is 0. The summed E-state index contributed by atoms with van der Waals surface area (Å²) in [7, 11) is 0. The summed E-state index contributed by atoms with van der Waals surface area (Å²) < 4.78 is 0. The Bertz CT molecular complexity index is 535. The van der Waals surface area contributed by atoms with Crippen molar-refractivity contribution in [2.24, 2.45) is 0 Å². The minimum absolute atomic E-state index is 0.513. The number of rotatable bonds is 1. The van der Waals surface area contributed by atoms with E-state index >= 15 is 0 Å². The van der Waals surface area contributed by atoms with Crippen LogP contribution in [-0.4, -0.2) is 0 Å². The zero-order valence-corrected chi connectivity index (χ0v) is 9.35. The summed E-state index contributed by atoms with van der Waals surface area (Å²) in [5.74, 6) is 0.513. The smallest absolute Gasteiger partial charge is 0.00730 e. The summed E-state index contributed by atoms with van der Waals surface area (Å²) in [6.07, 6.45) is 2.31. The Morgan fingerprint density at radius 3 is 2.25 bits per heavy atom. The van der Waals surface area contributed by atoms with E-state index in [1.54, 1.807) is 0 Å². The van der Waals surface area contributed by atoms with Gasteiger partial charge in [0.2, 0.25) is 0 Å². The molecule has 0 saturated carbocycles. The molecule has 0 N–H and O–H groups in total. The van der Waals surface area contributed by atoms with Gasteiger partial charge in [0.05, 0.1) is 0 Å². The van der Waals surface area contributed by atoms with E-state index in [0.29, 0.717) is 5.92 Å². The van der Waals surface area contributed by atoms with Gasteiger partial charge in [-0.2, -0.15) is 0 Å². The van der Waals surface area contributed by atoms with Crippen LogP contribution in [0.2, 0.25) is 0 Å². The molecular weight excluding hydrogens is 192 g/mol. The van der Waals surface area contributed by atoms with Gasteiger partial charge in [0.25, 0.3) is 0 Å². The minimum Gasteiger partial charge on any atom is -0.0622 e. The highest BCUT2D eigenvalue weighted by atomic mass is 14.2. The van der Waals surface area contributed by atoms with Gasteiger partial charge in [0.1, 0.15) is 0 Å². The molecule has 78 valence electrons. The fraction of sp³-hybridized carbons (Fsp3) is 0.125. The standard InChI is InChI=1S/C16H14/c1-12-15-10-6-5-9-14(15)11-16(12)13-7-3-2-4-8-13/h2-12H,1H3/t12-/m1/s1. The number of fused-ring (bicyclic) bond motifs is 1. The number of hydrogen-bond donors (Lipinski definition) is 0. The molecule has 0 saturated heterocycles. The molecule has 1 atom stereocenters. The Hall–Kier alpha value is -1.82. The van der Waals surface area contributed by atoms with Crippen LogP contribution in [0.5, 0.6) is 0 Å². The van der Waals surface area contributed by atoms with Crippen LogP contribution in [-0.2, 0) is 0 Å². The van der Waals surface area contributed by atoms with Crippen molar-refractivity contribution < 1.29 is 0 Å². The predicted molar refractivity (Wildman–Crippen MR) is 69.2 cm³/mol. The quantitative estimate of drug-likeness (QED) is 0.651. The molecule has 0 aromatic heterocycles. The van der Waals surface area contributed by atoms with E-state index in [9.17, 15) is 0 Å². The van der Waals surface area contributed by atoms with Gasteiger partial charge in [-0.15, -0.1) is 0 Å². The lowest BCUT2D eigenvalue weighted by Crippen LogP contribution is -1.92. The van der Waals surface area contributed by atoms with E-state index in [2.05, 4.69) is 67.6 Å². The first-order valence-electron chi connectivity index (χ1n) is 5.72. The normalized spacial score (nSPS) is 18.1. The van der Waals surface area contributed by atoms with E-state index in [1.807, 2.05) is 0 Å². The summed E-state index contributed by atoms with van der Waals surface area (Å²) in [4.78, 5) is 0. The molecule has 0 fully saturated rings. The van der Waals surface area contributed by atoms with E-state index < -0.39 is 0 Å². The lowest BCUT2D eigenvalue weighted by molar-refractivity contribution is 1.01. The van der Waals surface area contributed by atoms with Crippen molar-refractivity contribution in [3.63, 3.8) is 0 Å². The molecule has 3 rings (SSSR count). The third-order valence-electron chi connectivity index (χ3n) is 3.35. The second-order valence-electron chi connectivity index (χ2n) is 4.32. The van der Waals surface area contributed by atoms with Crippen molar-refractivity contribution in [1.82, 2.24) is 0 Å². The largest absolute Gasteiger partial charge is 0.0622 e. The lowest BCUT2D eigenvalue weighted by Gasteiger charge is -2.11. The summed E-state index contributed by atoms with van der Waals surface area (Å²) in [6, 6.07) is 19.3. The zero-order chi connectivity index (χ0) is 11.0. The Morgan fingerprint density at radius 1 is 0.812 bits per heavy atom. The monoisotopic (exact) mass is 206 g/mol. The van der Waals surface area contributed by atoms with Gasteiger partial charge in [-0.1, -0.05) is 67.6 Å². The number of allylic oxidation sites excluding steroid dienone is 1. The Morgan fingerprint density at radius 2 is 1.50 bits per heavy atom. The molecule has 0 amide bonds. The minimum atomic E-state index is 0.513. The highest BCUT2D eigenvalue weighted by Gasteiger charge is 2.21. The first-order chi connectivity index (χ1) is 7.86. The molecule has 0 unspecified atom stereocenters. The molecule has 0 heterocycles. The molecule has 0 heteroatoms. The maximum absolute atomic E-state index is 2.31. The van der Waals surface area contributed by atoms with Crippen molar-refractivity contribution in [1.29, 1.82) is 0 Å². The van der Waals surface area contributed by atoms with Gasteiger partial charge < -0.3 is 0 Å². The fourth-order valence-electron chi connectivity index (χ4n) is 2.46. The average molecular weight is 206 g/mol. The van der Waals surface area contributed by atoms with Gasteiger partial charge in [0, 0.05) is 5.92 Å². The van der Waals surface area contributed by atoms with Crippen LogP contribution in [0.3, 0.4) is 0 Å². The van der Waals surface area contributed by atoms with Crippen LogP contribution in [0, 0.1) is 0 Å². The first kappa shape index (κ1) is 9.41. The third kappa shape index (κ3) is 1.38. The van der Waals surface area contributed by atoms with Crippen molar-refractivity contribution in [3.8, 4) is 0 Å². The molecule has 0 aliphatic heterocycles. The molecule has 2 aromatic carbocycles. The van der Waals surface area contributed by atoms with Crippen LogP contribution < -0.4 is 0 Å². The van der Waals surface area contributed by atoms with Gasteiger partial charge >= 0.3 is 0 Å². The molecule has 16 heavy (non-hydrogen) atoms. The molecule has 0 spiro atoms. The average Bonchev–Trinajstić information content (AvgIpc) is 2.69. The molecule has 2 aromatic rings. The van der Waals surface area contributed by atoms with Crippen LogP contribution in [0.1, 0.15) is 29.5 Å². The third-order valence-corrected chi connectivity index (χ3v) is 3.35. The molecule has 1 aliphatic rings. The Kier molecular flexibility index (Phi) is 2.14. The van der Waals surface area contributed by atoms with Crippen molar-refractivity contribution in [2.75, 3.05) is 0 Å². The maximum Gasteiger partial charge on any atom is 0.00730 e. The lowest BCUT2D eigenvalue weighted by atomic mass is 9.93. The highest BCUT2D eigenvalue weighted by Crippen LogP contribution is 2.41. The van der Waals surface area contributed by atoms with Crippen molar-refractivity contribution in [3.05, 3.63) is 71.3 Å². The second kappa shape index (κ2) is 3.64. The maximum atomic E-state index is 2.31. The van der Waals surface area contributed by atoms with Gasteiger partial charge in [-0.25, -0.2) is 0 Å². The van der Waals surface area contributed by atoms with E-state index in [4.69, 9.17) is 0 Å². The van der Waals surface area contributed by atoms with Gasteiger partial charge in [0.15, 0.2) is 0 Å². The molecule has 0 radical (unpaired) electrons. The topological polar surface area (TPSA) is 0 Å². The summed E-state index contributed by atoms with van der Waals surface area (Å²) in [5.41, 5.74) is 5.59. The molecule has 1 aliphatic carbocycles. The van der Waals surface area contributed by atoms with E-state index in [-0.39, 0.29) is 0 Å². The Labute approximate surface area is 96.3 Å². The molecule has 0 bridgehead atoms. The van der Waals surface area contributed by atoms with Crippen molar-refractivity contribution >= 4 is 11.6 Å². The molecule has 0 nitrogen and oxygen atoms in total. The predicted octanol–water partition coefficient (Wildman–Crippen LogP) is 4.34. The van der Waals surface area contributed by atoms with Gasteiger partial charge in [-0.3, -0.25) is 0 Å². The highest BCUT2D eigenvalue weighted by molar-refractivity contribution is 5.91. The summed E-state index contributed by atoms with van der Waals surface area (Å²) in [6.45, 7) is 2.28.